The Labute approximate surface area is 187 Å². The minimum atomic E-state index is -0.712. The lowest BCUT2D eigenvalue weighted by Gasteiger charge is -2.38. The number of rotatable bonds is 3. The van der Waals surface area contributed by atoms with Gasteiger partial charge in [0.05, 0.1) is 6.67 Å². The highest BCUT2D eigenvalue weighted by Crippen LogP contribution is 2.36. The lowest BCUT2D eigenvalue weighted by molar-refractivity contribution is -0.144. The number of ether oxygens (including phenoxy) is 2. The number of hydrogen-bond acceptors (Lipinski definition) is 6. The molecule has 9 heteroatoms. The Morgan fingerprint density at radius 3 is 2.50 bits per heavy atom. The molecule has 5 rings (SSSR count). The topological polar surface area (TPSA) is 91.4 Å². The van der Waals surface area contributed by atoms with Crippen LogP contribution in [-0.2, 0) is 9.59 Å². The summed E-state index contributed by atoms with van der Waals surface area (Å²) < 4.78 is 11.5. The molecule has 172 valence electrons. The van der Waals surface area contributed by atoms with Crippen LogP contribution in [0.2, 0.25) is 0 Å². The molecular weight excluding hydrogens is 412 g/mol. The fraction of sp³-hybridized carbons (Fsp3) is 0.609. The largest absolute Gasteiger partial charge is 0.485 e. The molecule has 1 aromatic carbocycles. The molecule has 3 heterocycles. The summed E-state index contributed by atoms with van der Waals surface area (Å²) in [7, 11) is 0. The van der Waals surface area contributed by atoms with Crippen molar-refractivity contribution in [2.75, 3.05) is 39.5 Å². The second kappa shape index (κ2) is 8.27. The minimum Gasteiger partial charge on any atom is -0.485 e. The highest BCUT2D eigenvalue weighted by Gasteiger charge is 2.52. The van der Waals surface area contributed by atoms with Crippen LogP contribution in [0, 0.1) is 5.92 Å². The molecule has 1 saturated carbocycles. The van der Waals surface area contributed by atoms with Crippen LogP contribution >= 0.6 is 0 Å². The molecule has 1 aromatic rings. The van der Waals surface area contributed by atoms with Gasteiger partial charge in [0.25, 0.3) is 11.8 Å². The number of carbonyl (C=O) groups is 3. The van der Waals surface area contributed by atoms with Gasteiger partial charge < -0.3 is 19.7 Å². The van der Waals surface area contributed by atoms with E-state index < -0.39 is 11.6 Å². The fourth-order valence-electron chi connectivity index (χ4n) is 5.05. The Morgan fingerprint density at radius 2 is 1.78 bits per heavy atom. The summed E-state index contributed by atoms with van der Waals surface area (Å²) in [6.45, 7) is 4.88. The van der Waals surface area contributed by atoms with Crippen LogP contribution in [-0.4, -0.2) is 83.6 Å². The van der Waals surface area contributed by atoms with E-state index in [1.165, 1.54) is 4.90 Å². The van der Waals surface area contributed by atoms with Gasteiger partial charge >= 0.3 is 6.03 Å². The first-order chi connectivity index (χ1) is 15.4. The van der Waals surface area contributed by atoms with E-state index >= 15 is 0 Å². The molecule has 1 N–H and O–H groups in total. The third-order valence-electron chi connectivity index (χ3n) is 7.18. The third kappa shape index (κ3) is 3.79. The van der Waals surface area contributed by atoms with E-state index in [0.29, 0.717) is 56.4 Å². The molecule has 0 aromatic heterocycles. The molecule has 4 aliphatic rings. The Kier molecular flexibility index (Phi) is 5.44. The van der Waals surface area contributed by atoms with Crippen LogP contribution in [0.4, 0.5) is 4.79 Å². The molecule has 2 saturated heterocycles. The monoisotopic (exact) mass is 442 g/mol. The van der Waals surface area contributed by atoms with Gasteiger partial charge in [0, 0.05) is 26.2 Å². The zero-order valence-corrected chi connectivity index (χ0v) is 18.4. The predicted octanol–water partition coefficient (Wildman–Crippen LogP) is 1.43. The zero-order valence-electron chi connectivity index (χ0n) is 18.4. The van der Waals surface area contributed by atoms with Gasteiger partial charge in [0.1, 0.15) is 12.1 Å². The van der Waals surface area contributed by atoms with Crippen LogP contribution in [0.1, 0.15) is 32.6 Å². The van der Waals surface area contributed by atoms with Gasteiger partial charge in [-0.05, 0) is 43.7 Å². The number of fused-ring (bicyclic) bond motifs is 1. The quantitative estimate of drug-likeness (QED) is 0.712. The number of hydrogen-bond donors (Lipinski definition) is 1. The molecule has 4 amide bonds. The van der Waals surface area contributed by atoms with Gasteiger partial charge in [0.15, 0.2) is 11.5 Å². The summed E-state index contributed by atoms with van der Waals surface area (Å²) in [5.74, 6) is 1.64. The molecular formula is C23H30N4O5. The molecule has 1 atom stereocenters. The van der Waals surface area contributed by atoms with E-state index in [0.717, 1.165) is 12.8 Å². The Hall–Kier alpha value is -2.81. The number of urea groups is 1. The lowest BCUT2D eigenvalue weighted by Crippen LogP contribution is -2.56. The number of nitrogens with one attached hydrogen (secondary N) is 1. The molecule has 32 heavy (non-hydrogen) atoms. The molecule has 0 unspecified atom stereocenters. The van der Waals surface area contributed by atoms with Crippen molar-refractivity contribution in [1.29, 1.82) is 0 Å². The number of benzene rings is 1. The number of para-hydroxylation sites is 2. The van der Waals surface area contributed by atoms with E-state index in [-0.39, 0.29) is 31.1 Å². The van der Waals surface area contributed by atoms with Crippen molar-refractivity contribution in [3.05, 3.63) is 24.3 Å². The van der Waals surface area contributed by atoms with Crippen molar-refractivity contribution >= 4 is 17.8 Å². The first-order valence-electron chi connectivity index (χ1n) is 11.5. The Bertz CT molecular complexity index is 905. The van der Waals surface area contributed by atoms with Gasteiger partial charge in [-0.25, -0.2) is 9.69 Å². The smallest absolute Gasteiger partial charge is 0.326 e. The fourth-order valence-corrected chi connectivity index (χ4v) is 5.05. The van der Waals surface area contributed by atoms with E-state index in [4.69, 9.17) is 9.47 Å². The molecule has 1 aliphatic carbocycles. The van der Waals surface area contributed by atoms with Crippen molar-refractivity contribution in [3.63, 3.8) is 0 Å². The maximum absolute atomic E-state index is 13.1. The normalized spacial score (nSPS) is 30.5. The Balaban J connectivity index is 1.14. The second-order valence-corrected chi connectivity index (χ2v) is 9.38. The first-order valence-corrected chi connectivity index (χ1v) is 11.5. The highest BCUT2D eigenvalue weighted by atomic mass is 16.6. The second-order valence-electron chi connectivity index (χ2n) is 9.38. The van der Waals surface area contributed by atoms with E-state index in [2.05, 4.69) is 17.1 Å². The standard InChI is InChI=1S/C23H30N4O5/c1-16-6-8-23(9-7-16)21(29)27(22(30)24-23)15-25-10-12-26(13-11-25)20(28)19-14-31-17-4-2-3-5-18(17)32-19/h2-5,16,19H,6-15H2,1H3,(H,24,30)/t16?,19-,23?/m1/s1. The van der Waals surface area contributed by atoms with Gasteiger partial charge in [-0.15, -0.1) is 0 Å². The van der Waals surface area contributed by atoms with Crippen molar-refractivity contribution < 1.29 is 23.9 Å². The first kappa shape index (κ1) is 21.1. The SMILES string of the molecule is CC1CCC2(CC1)NC(=O)N(CN1CCN(C(=O)[C@H]3COc4ccccc4O3)CC1)C2=O. The molecule has 1 spiro atoms. The summed E-state index contributed by atoms with van der Waals surface area (Å²) in [6, 6.07) is 7.04. The maximum Gasteiger partial charge on any atom is 0.326 e. The van der Waals surface area contributed by atoms with Crippen LogP contribution in [0.15, 0.2) is 24.3 Å². The van der Waals surface area contributed by atoms with Crippen LogP contribution in [0.25, 0.3) is 0 Å². The summed E-state index contributed by atoms with van der Waals surface area (Å²) in [5.41, 5.74) is -0.712. The molecule has 0 radical (unpaired) electrons. The summed E-state index contributed by atoms with van der Waals surface area (Å²) >= 11 is 0. The average Bonchev–Trinajstić information content (AvgIpc) is 3.05. The maximum atomic E-state index is 13.1. The van der Waals surface area contributed by atoms with Crippen molar-refractivity contribution in [3.8, 4) is 11.5 Å². The summed E-state index contributed by atoms with van der Waals surface area (Å²) in [6.07, 6.45) is 2.68. The van der Waals surface area contributed by atoms with Crippen molar-refractivity contribution in [2.24, 2.45) is 5.92 Å². The van der Waals surface area contributed by atoms with E-state index in [9.17, 15) is 14.4 Å². The molecule has 3 fully saturated rings. The van der Waals surface area contributed by atoms with Gasteiger partial charge in [-0.3, -0.25) is 14.5 Å². The summed E-state index contributed by atoms with van der Waals surface area (Å²) in [4.78, 5) is 43.7. The van der Waals surface area contributed by atoms with Crippen molar-refractivity contribution in [2.45, 2.75) is 44.2 Å². The zero-order chi connectivity index (χ0) is 22.3. The van der Waals surface area contributed by atoms with Crippen LogP contribution in [0.3, 0.4) is 0 Å². The van der Waals surface area contributed by atoms with Gasteiger partial charge in [-0.1, -0.05) is 19.1 Å². The molecule has 9 nitrogen and oxygen atoms in total. The molecule has 0 bridgehead atoms. The Morgan fingerprint density at radius 1 is 1.09 bits per heavy atom. The number of carbonyl (C=O) groups excluding carboxylic acids is 3. The number of piperazine rings is 1. The molecule has 3 aliphatic heterocycles. The average molecular weight is 443 g/mol. The predicted molar refractivity (Wildman–Crippen MR) is 115 cm³/mol. The lowest BCUT2D eigenvalue weighted by atomic mass is 9.77. The number of imide groups is 1. The summed E-state index contributed by atoms with van der Waals surface area (Å²) in [5, 5.41) is 2.97. The van der Waals surface area contributed by atoms with Crippen molar-refractivity contribution in [1.82, 2.24) is 20.0 Å². The van der Waals surface area contributed by atoms with Gasteiger partial charge in [-0.2, -0.15) is 0 Å². The highest BCUT2D eigenvalue weighted by molar-refractivity contribution is 6.07. The third-order valence-corrected chi connectivity index (χ3v) is 7.18. The number of amides is 4. The van der Waals surface area contributed by atoms with Gasteiger partial charge in [0.2, 0.25) is 6.10 Å². The van der Waals surface area contributed by atoms with Crippen LogP contribution in [0.5, 0.6) is 11.5 Å². The van der Waals surface area contributed by atoms with Crippen LogP contribution < -0.4 is 14.8 Å². The number of nitrogens with zero attached hydrogens (tertiary/aromatic N) is 3. The van der Waals surface area contributed by atoms with E-state index in [1.54, 1.807) is 11.0 Å². The van der Waals surface area contributed by atoms with E-state index in [1.807, 2.05) is 18.2 Å². The minimum absolute atomic E-state index is 0.0931.